The van der Waals surface area contributed by atoms with E-state index in [1.165, 1.54) is 32.2 Å². The van der Waals surface area contributed by atoms with Gasteiger partial charge < -0.3 is 10.5 Å². The second-order valence-electron chi connectivity index (χ2n) is 4.86. The molecule has 0 aromatic rings. The lowest BCUT2D eigenvalue weighted by Gasteiger charge is -2.37. The van der Waals surface area contributed by atoms with Gasteiger partial charge in [-0.25, -0.2) is 0 Å². The molecule has 2 atom stereocenters. The number of rotatable bonds is 3. The van der Waals surface area contributed by atoms with Crippen molar-refractivity contribution in [1.29, 1.82) is 0 Å². The van der Waals surface area contributed by atoms with Crippen molar-refractivity contribution in [2.24, 2.45) is 11.7 Å². The van der Waals surface area contributed by atoms with Crippen molar-refractivity contribution < 1.29 is 4.74 Å². The van der Waals surface area contributed by atoms with Gasteiger partial charge in [0.15, 0.2) is 0 Å². The molecule has 1 aliphatic carbocycles. The molecule has 3 heteroatoms. The van der Waals surface area contributed by atoms with E-state index in [2.05, 4.69) is 4.90 Å². The van der Waals surface area contributed by atoms with E-state index in [0.717, 1.165) is 44.7 Å². The van der Waals surface area contributed by atoms with Gasteiger partial charge in [-0.1, -0.05) is 12.8 Å². The third-order valence-electron chi connectivity index (χ3n) is 3.84. The molecule has 2 aliphatic rings. The van der Waals surface area contributed by atoms with Crippen LogP contribution in [-0.2, 0) is 4.74 Å². The third-order valence-corrected chi connectivity index (χ3v) is 3.84. The smallest absolute Gasteiger partial charge is 0.0593 e. The maximum absolute atomic E-state index is 5.70. The molecule has 0 aromatic carbocycles. The molecule has 2 N–H and O–H groups in total. The Labute approximate surface area is 93.0 Å². The summed E-state index contributed by atoms with van der Waals surface area (Å²) in [5.41, 5.74) is 5.59. The highest BCUT2D eigenvalue weighted by molar-refractivity contribution is 4.85. The Kier molecular flexibility index (Phi) is 4.42. The first-order chi connectivity index (χ1) is 7.42. The topological polar surface area (TPSA) is 38.5 Å². The summed E-state index contributed by atoms with van der Waals surface area (Å²) in [5, 5.41) is 0. The summed E-state index contributed by atoms with van der Waals surface area (Å²) in [5.74, 6) is 0.791. The highest BCUT2D eigenvalue weighted by Gasteiger charge is 2.31. The molecular formula is C12H24N2O. The van der Waals surface area contributed by atoms with E-state index in [9.17, 15) is 0 Å². The zero-order valence-corrected chi connectivity index (χ0v) is 9.66. The van der Waals surface area contributed by atoms with Crippen LogP contribution in [0.1, 0.15) is 32.1 Å². The molecule has 0 radical (unpaired) electrons. The van der Waals surface area contributed by atoms with Crippen LogP contribution in [0, 0.1) is 5.92 Å². The standard InChI is InChI=1S/C12H24N2O/c13-6-3-7-14-8-9-15-10-11-4-1-2-5-12(11)14/h11-12H,1-10,13H2/t11-,12+/m0/s1. The van der Waals surface area contributed by atoms with Crippen molar-refractivity contribution in [2.45, 2.75) is 38.1 Å². The average molecular weight is 212 g/mol. The van der Waals surface area contributed by atoms with E-state index in [4.69, 9.17) is 10.5 Å². The minimum absolute atomic E-state index is 0.785. The zero-order chi connectivity index (χ0) is 10.5. The van der Waals surface area contributed by atoms with Crippen LogP contribution in [-0.4, -0.2) is 43.8 Å². The van der Waals surface area contributed by atoms with Crippen molar-refractivity contribution in [3.05, 3.63) is 0 Å². The summed E-state index contributed by atoms with van der Waals surface area (Å²) in [6, 6.07) is 0.785. The molecule has 2 rings (SSSR count). The molecule has 3 nitrogen and oxygen atoms in total. The fraction of sp³-hybridized carbons (Fsp3) is 1.00. The molecule has 0 aromatic heterocycles. The van der Waals surface area contributed by atoms with Crippen molar-refractivity contribution in [3.63, 3.8) is 0 Å². The molecule has 15 heavy (non-hydrogen) atoms. The summed E-state index contributed by atoms with van der Waals surface area (Å²) in [7, 11) is 0. The SMILES string of the molecule is NCCCN1CCOC[C@@H]2CCCC[C@H]21. The quantitative estimate of drug-likeness (QED) is 0.764. The van der Waals surface area contributed by atoms with Gasteiger partial charge in [0.25, 0.3) is 0 Å². The maximum Gasteiger partial charge on any atom is 0.0593 e. The van der Waals surface area contributed by atoms with Crippen LogP contribution in [0.15, 0.2) is 0 Å². The predicted molar refractivity (Wildman–Crippen MR) is 61.8 cm³/mol. The van der Waals surface area contributed by atoms with Crippen molar-refractivity contribution in [1.82, 2.24) is 4.90 Å². The van der Waals surface area contributed by atoms with Crippen LogP contribution in [0.5, 0.6) is 0 Å². The molecule has 0 spiro atoms. The average Bonchev–Trinajstić information content (AvgIpc) is 2.49. The van der Waals surface area contributed by atoms with E-state index < -0.39 is 0 Å². The minimum atomic E-state index is 0.785. The molecule has 0 unspecified atom stereocenters. The monoisotopic (exact) mass is 212 g/mol. The number of hydrogen-bond acceptors (Lipinski definition) is 3. The Morgan fingerprint density at radius 3 is 3.00 bits per heavy atom. The van der Waals surface area contributed by atoms with E-state index in [0.29, 0.717) is 0 Å². The molecule has 0 bridgehead atoms. The van der Waals surface area contributed by atoms with Gasteiger partial charge in [0.05, 0.1) is 13.2 Å². The molecular weight excluding hydrogens is 188 g/mol. The van der Waals surface area contributed by atoms with E-state index in [-0.39, 0.29) is 0 Å². The molecule has 2 fully saturated rings. The molecule has 1 aliphatic heterocycles. The Morgan fingerprint density at radius 1 is 1.27 bits per heavy atom. The van der Waals surface area contributed by atoms with E-state index in [1.54, 1.807) is 0 Å². The lowest BCUT2D eigenvalue weighted by atomic mass is 9.84. The number of hydrogen-bond donors (Lipinski definition) is 1. The van der Waals surface area contributed by atoms with Crippen LogP contribution in [0.3, 0.4) is 0 Å². The second kappa shape index (κ2) is 5.83. The van der Waals surface area contributed by atoms with E-state index in [1.807, 2.05) is 0 Å². The van der Waals surface area contributed by atoms with Gasteiger partial charge >= 0.3 is 0 Å². The Bertz CT molecular complexity index is 186. The number of nitrogens with zero attached hydrogens (tertiary/aromatic N) is 1. The highest BCUT2D eigenvalue weighted by atomic mass is 16.5. The third kappa shape index (κ3) is 2.92. The van der Waals surface area contributed by atoms with Crippen molar-refractivity contribution in [3.8, 4) is 0 Å². The van der Waals surface area contributed by atoms with Gasteiger partial charge in [-0.2, -0.15) is 0 Å². The molecule has 0 amide bonds. The minimum Gasteiger partial charge on any atom is -0.380 e. The number of ether oxygens (including phenoxy) is 1. The van der Waals surface area contributed by atoms with Crippen molar-refractivity contribution in [2.75, 3.05) is 32.8 Å². The first-order valence-electron chi connectivity index (χ1n) is 6.43. The number of nitrogens with two attached hydrogens (primary N) is 1. The van der Waals surface area contributed by atoms with Gasteiger partial charge in [-0.3, -0.25) is 4.90 Å². The first-order valence-corrected chi connectivity index (χ1v) is 6.43. The largest absolute Gasteiger partial charge is 0.380 e. The van der Waals surface area contributed by atoms with Crippen LogP contribution in [0.2, 0.25) is 0 Å². The molecule has 1 saturated heterocycles. The summed E-state index contributed by atoms with van der Waals surface area (Å²) >= 11 is 0. The molecule has 1 saturated carbocycles. The first kappa shape index (κ1) is 11.4. The van der Waals surface area contributed by atoms with Crippen LogP contribution in [0.25, 0.3) is 0 Å². The van der Waals surface area contributed by atoms with Gasteiger partial charge in [0.1, 0.15) is 0 Å². The summed E-state index contributed by atoms with van der Waals surface area (Å²) < 4.78 is 5.70. The summed E-state index contributed by atoms with van der Waals surface area (Å²) in [4.78, 5) is 2.63. The van der Waals surface area contributed by atoms with E-state index >= 15 is 0 Å². The van der Waals surface area contributed by atoms with Gasteiger partial charge in [0, 0.05) is 12.6 Å². The number of fused-ring (bicyclic) bond motifs is 1. The fourth-order valence-electron chi connectivity index (χ4n) is 3.02. The Balaban J connectivity index is 1.93. The Hall–Kier alpha value is -0.120. The molecule has 88 valence electrons. The Morgan fingerprint density at radius 2 is 2.13 bits per heavy atom. The summed E-state index contributed by atoms with van der Waals surface area (Å²) in [6.07, 6.45) is 6.67. The lowest BCUT2D eigenvalue weighted by Crippen LogP contribution is -2.43. The van der Waals surface area contributed by atoms with Crippen LogP contribution >= 0.6 is 0 Å². The van der Waals surface area contributed by atoms with Gasteiger partial charge in [0.2, 0.25) is 0 Å². The second-order valence-corrected chi connectivity index (χ2v) is 4.86. The van der Waals surface area contributed by atoms with Gasteiger partial charge in [-0.15, -0.1) is 0 Å². The predicted octanol–water partition coefficient (Wildman–Crippen LogP) is 1.23. The maximum atomic E-state index is 5.70. The lowest BCUT2D eigenvalue weighted by molar-refractivity contribution is 0.0939. The zero-order valence-electron chi connectivity index (χ0n) is 9.66. The van der Waals surface area contributed by atoms with Crippen molar-refractivity contribution >= 4 is 0 Å². The van der Waals surface area contributed by atoms with Crippen LogP contribution in [0.4, 0.5) is 0 Å². The normalized spacial score (nSPS) is 33.4. The fourth-order valence-corrected chi connectivity index (χ4v) is 3.02. The van der Waals surface area contributed by atoms with Gasteiger partial charge in [-0.05, 0) is 38.3 Å². The van der Waals surface area contributed by atoms with Crippen LogP contribution < -0.4 is 5.73 Å². The highest BCUT2D eigenvalue weighted by Crippen LogP contribution is 2.30. The summed E-state index contributed by atoms with van der Waals surface area (Å²) in [6.45, 7) is 5.00. The molecule has 1 heterocycles.